The Labute approximate surface area is 192 Å². The van der Waals surface area contributed by atoms with E-state index in [4.69, 9.17) is 30.5 Å². The van der Waals surface area contributed by atoms with Crippen molar-refractivity contribution in [2.45, 2.75) is 61.4 Å². The van der Waals surface area contributed by atoms with Crippen molar-refractivity contribution >= 4 is 22.5 Å². The summed E-state index contributed by atoms with van der Waals surface area (Å²) in [4.78, 5) is 2.96. The first-order valence-electron chi connectivity index (χ1n) is 10.3. The standard InChI is InChI=1S/C20H26ClNO11/c21-7-1-2-8-9(3-7)22-4-10(8)30-19-17(29)15(27)18(12(6-24)32-19)33-20-16(28)14(26)13(25)11(5-23)31-20/h1-4,11-20,22-29H,5-6H2/t11-,12-,13+,14+,15-,16+,17+,18+,19+,20-/m0/s1. The molecule has 2 aliphatic heterocycles. The van der Waals surface area contributed by atoms with Gasteiger partial charge in [0, 0.05) is 16.6 Å². The zero-order chi connectivity index (χ0) is 23.9. The zero-order valence-electron chi connectivity index (χ0n) is 17.1. The highest BCUT2D eigenvalue weighted by molar-refractivity contribution is 6.31. The first-order valence-corrected chi connectivity index (χ1v) is 10.6. The van der Waals surface area contributed by atoms with Gasteiger partial charge in [-0.3, -0.25) is 0 Å². The van der Waals surface area contributed by atoms with Crippen LogP contribution in [0.3, 0.4) is 0 Å². The van der Waals surface area contributed by atoms with E-state index in [2.05, 4.69) is 4.98 Å². The molecule has 2 aliphatic rings. The summed E-state index contributed by atoms with van der Waals surface area (Å²) in [5.41, 5.74) is 0.672. The minimum Gasteiger partial charge on any atom is -0.460 e. The zero-order valence-corrected chi connectivity index (χ0v) is 17.9. The molecular formula is C20H26ClNO11. The van der Waals surface area contributed by atoms with Crippen LogP contribution in [0.5, 0.6) is 5.75 Å². The van der Waals surface area contributed by atoms with Crippen molar-refractivity contribution in [1.82, 2.24) is 4.98 Å². The smallest absolute Gasteiger partial charge is 0.229 e. The van der Waals surface area contributed by atoms with E-state index in [1.165, 1.54) is 6.20 Å². The normalized spacial score (nSPS) is 39.6. The van der Waals surface area contributed by atoms with E-state index in [1.54, 1.807) is 18.2 Å². The number of aliphatic hydroxyl groups is 7. The molecule has 8 N–H and O–H groups in total. The monoisotopic (exact) mass is 491 g/mol. The summed E-state index contributed by atoms with van der Waals surface area (Å²) in [6.45, 7) is -1.33. The van der Waals surface area contributed by atoms with E-state index < -0.39 is 74.6 Å². The van der Waals surface area contributed by atoms with Gasteiger partial charge in [-0.15, -0.1) is 0 Å². The van der Waals surface area contributed by atoms with E-state index >= 15 is 0 Å². The molecule has 0 amide bonds. The van der Waals surface area contributed by atoms with Gasteiger partial charge in [-0.05, 0) is 18.2 Å². The minimum absolute atomic E-state index is 0.308. The van der Waals surface area contributed by atoms with Crippen LogP contribution >= 0.6 is 11.6 Å². The SMILES string of the molecule is OC[C@@H]1O[C@@H](O[C@H]2[C@@H](O)[C@@H](O)[C@H](Oc3c[nH]c4cc(Cl)ccc34)O[C@H]2CO)[C@H](O)[C@H](O)[C@@H]1O. The lowest BCUT2D eigenvalue weighted by atomic mass is 9.97. The fraction of sp³-hybridized carbons (Fsp3) is 0.600. The molecule has 33 heavy (non-hydrogen) atoms. The van der Waals surface area contributed by atoms with Crippen molar-refractivity contribution < 1.29 is 54.7 Å². The van der Waals surface area contributed by atoms with Crippen LogP contribution in [0.1, 0.15) is 0 Å². The number of nitrogens with one attached hydrogen (secondary N) is 1. The van der Waals surface area contributed by atoms with Crippen LogP contribution in [-0.4, -0.2) is 115 Å². The second kappa shape index (κ2) is 9.98. The van der Waals surface area contributed by atoms with Gasteiger partial charge < -0.3 is 59.7 Å². The second-order valence-corrected chi connectivity index (χ2v) is 8.40. The number of ether oxygens (including phenoxy) is 4. The van der Waals surface area contributed by atoms with Crippen LogP contribution in [0.2, 0.25) is 5.02 Å². The molecule has 2 fully saturated rings. The maximum atomic E-state index is 10.7. The van der Waals surface area contributed by atoms with E-state index in [0.29, 0.717) is 21.7 Å². The molecule has 0 radical (unpaired) electrons. The number of rotatable bonds is 6. The van der Waals surface area contributed by atoms with Crippen LogP contribution in [0.4, 0.5) is 0 Å². The van der Waals surface area contributed by atoms with E-state index in [0.717, 1.165) is 0 Å². The van der Waals surface area contributed by atoms with Crippen LogP contribution in [-0.2, 0) is 14.2 Å². The first-order chi connectivity index (χ1) is 15.7. The Morgan fingerprint density at radius 1 is 0.848 bits per heavy atom. The first kappa shape index (κ1) is 24.6. The topological polar surface area (TPSA) is 194 Å². The van der Waals surface area contributed by atoms with Gasteiger partial charge >= 0.3 is 0 Å². The number of aromatic amines is 1. The molecule has 0 aliphatic carbocycles. The summed E-state index contributed by atoms with van der Waals surface area (Å²) < 4.78 is 22.1. The fourth-order valence-electron chi connectivity index (χ4n) is 3.95. The number of aromatic nitrogens is 1. The van der Waals surface area contributed by atoms with Gasteiger partial charge in [0.2, 0.25) is 6.29 Å². The maximum Gasteiger partial charge on any atom is 0.229 e. The van der Waals surface area contributed by atoms with Gasteiger partial charge in [0.05, 0.1) is 18.7 Å². The summed E-state index contributed by atoms with van der Waals surface area (Å²) >= 11 is 5.97. The molecule has 3 heterocycles. The summed E-state index contributed by atoms with van der Waals surface area (Å²) in [6, 6.07) is 5.03. The second-order valence-electron chi connectivity index (χ2n) is 7.97. The third-order valence-electron chi connectivity index (χ3n) is 5.81. The van der Waals surface area contributed by atoms with Crippen molar-refractivity contribution in [2.75, 3.05) is 13.2 Å². The molecular weight excluding hydrogens is 466 g/mol. The molecule has 1 aromatic carbocycles. The van der Waals surface area contributed by atoms with Gasteiger partial charge in [-0.25, -0.2) is 0 Å². The van der Waals surface area contributed by atoms with Gasteiger partial charge in [0.15, 0.2) is 6.29 Å². The molecule has 1 aromatic heterocycles. The van der Waals surface area contributed by atoms with Gasteiger partial charge in [0.1, 0.15) is 54.6 Å². The van der Waals surface area contributed by atoms with Crippen molar-refractivity contribution in [2.24, 2.45) is 0 Å². The average Bonchev–Trinajstić information content (AvgIpc) is 3.20. The number of fused-ring (bicyclic) bond motifs is 1. The van der Waals surface area contributed by atoms with E-state index in [-0.39, 0.29) is 0 Å². The van der Waals surface area contributed by atoms with E-state index in [1.807, 2.05) is 0 Å². The van der Waals surface area contributed by atoms with Crippen molar-refractivity contribution in [3.8, 4) is 5.75 Å². The van der Waals surface area contributed by atoms with Gasteiger partial charge in [-0.2, -0.15) is 0 Å². The highest BCUT2D eigenvalue weighted by Crippen LogP contribution is 2.33. The number of hydrogen-bond acceptors (Lipinski definition) is 11. The number of hydrogen-bond donors (Lipinski definition) is 8. The number of halogens is 1. The largest absolute Gasteiger partial charge is 0.460 e. The molecule has 12 nitrogen and oxygen atoms in total. The third kappa shape index (κ3) is 4.70. The van der Waals surface area contributed by atoms with E-state index in [9.17, 15) is 35.7 Å². The Bertz CT molecular complexity index is 940. The molecule has 184 valence electrons. The lowest BCUT2D eigenvalue weighted by Gasteiger charge is -2.45. The van der Waals surface area contributed by atoms with Crippen molar-refractivity contribution in [3.05, 3.63) is 29.4 Å². The summed E-state index contributed by atoms with van der Waals surface area (Å²) in [5, 5.41) is 71.5. The Morgan fingerprint density at radius 2 is 1.52 bits per heavy atom. The Balaban J connectivity index is 1.49. The van der Waals surface area contributed by atoms with Crippen molar-refractivity contribution in [3.63, 3.8) is 0 Å². The van der Waals surface area contributed by atoms with Crippen LogP contribution in [0, 0.1) is 0 Å². The summed E-state index contributed by atoms with van der Waals surface area (Å²) in [6.07, 6.45) is -13.7. The van der Waals surface area contributed by atoms with Gasteiger partial charge in [0.25, 0.3) is 0 Å². The molecule has 0 unspecified atom stereocenters. The van der Waals surface area contributed by atoms with Gasteiger partial charge in [-0.1, -0.05) is 11.6 Å². The number of aliphatic hydroxyl groups excluding tert-OH is 7. The Hall–Kier alpha value is -1.55. The maximum absolute atomic E-state index is 10.7. The fourth-order valence-corrected chi connectivity index (χ4v) is 4.12. The lowest BCUT2D eigenvalue weighted by Crippen LogP contribution is -2.65. The molecule has 0 spiro atoms. The lowest BCUT2D eigenvalue weighted by molar-refractivity contribution is -0.352. The van der Waals surface area contributed by atoms with Crippen LogP contribution in [0.15, 0.2) is 24.4 Å². The highest BCUT2D eigenvalue weighted by atomic mass is 35.5. The molecule has 2 aromatic rings. The van der Waals surface area contributed by atoms with Crippen molar-refractivity contribution in [1.29, 1.82) is 0 Å². The molecule has 2 saturated heterocycles. The molecule has 10 atom stereocenters. The number of H-pyrrole nitrogens is 1. The molecule has 13 heteroatoms. The third-order valence-corrected chi connectivity index (χ3v) is 6.04. The predicted molar refractivity (Wildman–Crippen MR) is 110 cm³/mol. The van der Waals surface area contributed by atoms with Crippen LogP contribution < -0.4 is 4.74 Å². The Kier molecular flexibility index (Phi) is 7.43. The summed E-state index contributed by atoms with van der Waals surface area (Å²) in [5.74, 6) is 0.308. The van der Waals surface area contributed by atoms with Crippen LogP contribution in [0.25, 0.3) is 10.9 Å². The minimum atomic E-state index is -1.74. The highest BCUT2D eigenvalue weighted by Gasteiger charge is 2.51. The Morgan fingerprint density at radius 3 is 2.21 bits per heavy atom. The molecule has 0 saturated carbocycles. The predicted octanol–water partition coefficient (Wildman–Crippen LogP) is -2.18. The number of benzene rings is 1. The molecule has 4 rings (SSSR count). The molecule has 0 bridgehead atoms. The summed E-state index contributed by atoms with van der Waals surface area (Å²) in [7, 11) is 0. The quantitative estimate of drug-likeness (QED) is 0.219. The average molecular weight is 492 g/mol.